The number of primary amides is 1. The Morgan fingerprint density at radius 3 is 2.94 bits per heavy atom. The zero-order valence-corrected chi connectivity index (χ0v) is 10.6. The van der Waals surface area contributed by atoms with E-state index in [9.17, 15) is 4.79 Å². The predicted molar refractivity (Wildman–Crippen MR) is 68.1 cm³/mol. The minimum atomic E-state index is -0.375. The van der Waals surface area contributed by atoms with Gasteiger partial charge in [-0.2, -0.15) is 0 Å². The zero-order chi connectivity index (χ0) is 12.7. The highest BCUT2D eigenvalue weighted by Gasteiger charge is 2.08. The van der Waals surface area contributed by atoms with Crippen molar-refractivity contribution in [2.24, 2.45) is 5.73 Å². The molecule has 3 N–H and O–H groups in total. The van der Waals surface area contributed by atoms with Gasteiger partial charge in [0.15, 0.2) is 0 Å². The molecule has 0 radical (unpaired) electrons. The third kappa shape index (κ3) is 4.63. The highest BCUT2D eigenvalue weighted by atomic mass is 35.5. The van der Waals surface area contributed by atoms with Crippen LogP contribution in [0.15, 0.2) is 18.2 Å². The smallest absolute Gasteiger partial charge is 0.220 e. The summed E-state index contributed by atoms with van der Waals surface area (Å²) < 4.78 is 5.50. The molecule has 0 saturated carbocycles. The monoisotopic (exact) mass is 256 g/mol. The van der Waals surface area contributed by atoms with E-state index in [1.54, 1.807) is 0 Å². The van der Waals surface area contributed by atoms with E-state index in [4.69, 9.17) is 22.1 Å². The molecule has 4 nitrogen and oxygen atoms in total. The molecule has 5 heteroatoms. The average Bonchev–Trinajstić information content (AvgIpc) is 2.28. The van der Waals surface area contributed by atoms with Crippen LogP contribution in [-0.2, 0) is 11.3 Å². The standard InChI is InChI=1S/C12H17ClN2O2/c1-2-15-8-9-10(13)4-3-5-11(9)17-7-6-12(14)16/h3-5,15H,2,6-8H2,1H3,(H2,14,16). The molecule has 0 aromatic heterocycles. The number of amides is 1. The fourth-order valence-corrected chi connectivity index (χ4v) is 1.59. The number of nitrogens with one attached hydrogen (secondary N) is 1. The van der Waals surface area contributed by atoms with E-state index >= 15 is 0 Å². The molecule has 0 fully saturated rings. The van der Waals surface area contributed by atoms with Gasteiger partial charge in [0, 0.05) is 17.1 Å². The molecule has 0 saturated heterocycles. The fourth-order valence-electron chi connectivity index (χ4n) is 1.36. The summed E-state index contributed by atoms with van der Waals surface area (Å²) >= 11 is 6.09. The summed E-state index contributed by atoms with van der Waals surface area (Å²) in [6.45, 7) is 3.79. The Labute approximate surface area is 106 Å². The van der Waals surface area contributed by atoms with Crippen LogP contribution < -0.4 is 15.8 Å². The van der Waals surface area contributed by atoms with E-state index in [0.717, 1.165) is 12.1 Å². The summed E-state index contributed by atoms with van der Waals surface area (Å²) in [7, 11) is 0. The molecular weight excluding hydrogens is 240 g/mol. The van der Waals surface area contributed by atoms with E-state index in [1.165, 1.54) is 0 Å². The van der Waals surface area contributed by atoms with Gasteiger partial charge >= 0.3 is 0 Å². The lowest BCUT2D eigenvalue weighted by molar-refractivity contribution is -0.118. The Bertz CT molecular complexity index is 383. The summed E-state index contributed by atoms with van der Waals surface area (Å²) in [5.74, 6) is 0.319. The minimum absolute atomic E-state index is 0.202. The van der Waals surface area contributed by atoms with Crippen molar-refractivity contribution in [1.82, 2.24) is 5.32 Å². The molecule has 17 heavy (non-hydrogen) atoms. The lowest BCUT2D eigenvalue weighted by atomic mass is 10.2. The molecule has 0 aliphatic carbocycles. The maximum absolute atomic E-state index is 10.6. The first-order valence-electron chi connectivity index (χ1n) is 5.54. The normalized spacial score (nSPS) is 10.2. The van der Waals surface area contributed by atoms with Crippen LogP contribution in [0.5, 0.6) is 5.75 Å². The molecule has 1 aromatic rings. The summed E-state index contributed by atoms with van der Waals surface area (Å²) in [5, 5.41) is 3.84. The number of nitrogens with two attached hydrogens (primary N) is 1. The third-order valence-corrected chi connectivity index (χ3v) is 2.59. The van der Waals surface area contributed by atoms with Gasteiger partial charge in [-0.3, -0.25) is 4.79 Å². The number of rotatable bonds is 7. The van der Waals surface area contributed by atoms with Crippen LogP contribution in [0.4, 0.5) is 0 Å². The molecule has 0 spiro atoms. The van der Waals surface area contributed by atoms with Gasteiger partial charge in [-0.15, -0.1) is 0 Å². The maximum Gasteiger partial charge on any atom is 0.220 e. The Morgan fingerprint density at radius 2 is 2.29 bits per heavy atom. The number of hydrogen-bond acceptors (Lipinski definition) is 3. The van der Waals surface area contributed by atoms with Crippen molar-refractivity contribution in [2.45, 2.75) is 19.9 Å². The van der Waals surface area contributed by atoms with Crippen LogP contribution in [0.2, 0.25) is 5.02 Å². The van der Waals surface area contributed by atoms with Gasteiger partial charge in [-0.25, -0.2) is 0 Å². The first-order valence-corrected chi connectivity index (χ1v) is 5.92. The number of carbonyl (C=O) groups is 1. The van der Waals surface area contributed by atoms with Gasteiger partial charge in [-0.05, 0) is 18.7 Å². The van der Waals surface area contributed by atoms with Crippen molar-refractivity contribution >= 4 is 17.5 Å². The molecule has 0 aliphatic heterocycles. The van der Waals surface area contributed by atoms with E-state index < -0.39 is 0 Å². The second-order valence-electron chi connectivity index (χ2n) is 3.56. The Morgan fingerprint density at radius 1 is 1.53 bits per heavy atom. The van der Waals surface area contributed by atoms with Crippen LogP contribution in [0.3, 0.4) is 0 Å². The number of halogens is 1. The second-order valence-corrected chi connectivity index (χ2v) is 3.97. The number of carbonyl (C=O) groups excluding carboxylic acids is 1. The summed E-state index contributed by atoms with van der Waals surface area (Å²) in [4.78, 5) is 10.6. The topological polar surface area (TPSA) is 64.3 Å². The lowest BCUT2D eigenvalue weighted by Crippen LogP contribution is -2.16. The second kappa shape index (κ2) is 7.14. The Balaban J connectivity index is 2.68. The van der Waals surface area contributed by atoms with Crippen molar-refractivity contribution in [2.75, 3.05) is 13.2 Å². The van der Waals surface area contributed by atoms with Crippen molar-refractivity contribution in [3.05, 3.63) is 28.8 Å². The van der Waals surface area contributed by atoms with Gasteiger partial charge in [0.25, 0.3) is 0 Å². The SMILES string of the molecule is CCNCc1c(Cl)cccc1OCCC(N)=O. The molecule has 1 rings (SSSR count). The minimum Gasteiger partial charge on any atom is -0.493 e. The predicted octanol–water partition coefficient (Wildman–Crippen LogP) is 1.70. The summed E-state index contributed by atoms with van der Waals surface area (Å²) in [5.41, 5.74) is 5.95. The summed E-state index contributed by atoms with van der Waals surface area (Å²) in [6, 6.07) is 5.46. The molecule has 1 amide bonds. The van der Waals surface area contributed by atoms with Crippen molar-refractivity contribution < 1.29 is 9.53 Å². The maximum atomic E-state index is 10.6. The van der Waals surface area contributed by atoms with Gasteiger partial charge in [-0.1, -0.05) is 24.6 Å². The van der Waals surface area contributed by atoms with Crippen molar-refractivity contribution in [3.8, 4) is 5.75 Å². The average molecular weight is 257 g/mol. The molecule has 0 atom stereocenters. The lowest BCUT2D eigenvalue weighted by Gasteiger charge is -2.12. The van der Waals surface area contributed by atoms with Crippen LogP contribution in [0.1, 0.15) is 18.9 Å². The quantitative estimate of drug-likeness (QED) is 0.781. The molecular formula is C12H17ClN2O2. The van der Waals surface area contributed by atoms with Crippen LogP contribution in [0.25, 0.3) is 0 Å². The van der Waals surface area contributed by atoms with E-state index in [-0.39, 0.29) is 18.9 Å². The third-order valence-electron chi connectivity index (χ3n) is 2.23. The van der Waals surface area contributed by atoms with Crippen LogP contribution in [0, 0.1) is 0 Å². The molecule has 0 heterocycles. The number of hydrogen-bond donors (Lipinski definition) is 2. The first-order chi connectivity index (χ1) is 8.15. The highest BCUT2D eigenvalue weighted by molar-refractivity contribution is 6.31. The van der Waals surface area contributed by atoms with Gasteiger partial charge in [0.2, 0.25) is 5.91 Å². The van der Waals surface area contributed by atoms with Gasteiger partial charge in [0.05, 0.1) is 13.0 Å². The van der Waals surface area contributed by atoms with Gasteiger partial charge in [0.1, 0.15) is 5.75 Å². The number of benzene rings is 1. The molecule has 94 valence electrons. The molecule has 0 aliphatic rings. The van der Waals surface area contributed by atoms with E-state index in [0.29, 0.717) is 17.3 Å². The number of ether oxygens (including phenoxy) is 1. The van der Waals surface area contributed by atoms with Crippen molar-refractivity contribution in [3.63, 3.8) is 0 Å². The fraction of sp³-hybridized carbons (Fsp3) is 0.417. The van der Waals surface area contributed by atoms with Gasteiger partial charge < -0.3 is 15.8 Å². The highest BCUT2D eigenvalue weighted by Crippen LogP contribution is 2.26. The largest absolute Gasteiger partial charge is 0.493 e. The molecule has 0 unspecified atom stereocenters. The first kappa shape index (κ1) is 13.8. The Kier molecular flexibility index (Phi) is 5.80. The van der Waals surface area contributed by atoms with Crippen LogP contribution in [-0.4, -0.2) is 19.1 Å². The van der Waals surface area contributed by atoms with E-state index in [1.807, 2.05) is 25.1 Å². The van der Waals surface area contributed by atoms with Crippen LogP contribution >= 0.6 is 11.6 Å². The zero-order valence-electron chi connectivity index (χ0n) is 9.83. The summed E-state index contributed by atoms with van der Waals surface area (Å²) in [6.07, 6.45) is 0.202. The molecule has 0 bridgehead atoms. The molecule has 1 aromatic carbocycles. The van der Waals surface area contributed by atoms with E-state index in [2.05, 4.69) is 5.32 Å². The Hall–Kier alpha value is -1.26. The van der Waals surface area contributed by atoms with Crippen molar-refractivity contribution in [1.29, 1.82) is 0 Å².